The summed E-state index contributed by atoms with van der Waals surface area (Å²) in [6.45, 7) is 0.850. The van der Waals surface area contributed by atoms with Crippen molar-refractivity contribution in [2.24, 2.45) is 0 Å². The van der Waals surface area contributed by atoms with E-state index >= 15 is 0 Å². The molecule has 2 aromatic carbocycles. The fourth-order valence-electron chi connectivity index (χ4n) is 3.07. The lowest BCUT2D eigenvalue weighted by molar-refractivity contribution is 0.370. The van der Waals surface area contributed by atoms with Crippen LogP contribution in [-0.4, -0.2) is 31.0 Å². The van der Waals surface area contributed by atoms with E-state index in [1.807, 2.05) is 18.2 Å². The fourth-order valence-corrected chi connectivity index (χ4v) is 3.07. The van der Waals surface area contributed by atoms with E-state index in [2.05, 4.69) is 5.32 Å². The Morgan fingerprint density at radius 2 is 1.91 bits per heavy atom. The van der Waals surface area contributed by atoms with Crippen LogP contribution in [0.5, 0.6) is 23.0 Å². The highest BCUT2D eigenvalue weighted by atomic mass is 16.5. The largest absolute Gasteiger partial charge is 0.508 e. The maximum absolute atomic E-state index is 10.2. The molecule has 5 heteroatoms. The maximum Gasteiger partial charge on any atom is 0.160 e. The van der Waals surface area contributed by atoms with Gasteiger partial charge in [-0.2, -0.15) is 0 Å². The fraction of sp³-hybridized carbons (Fsp3) is 0.333. The molecular formula is C18H21NO4. The molecule has 1 aliphatic heterocycles. The summed E-state index contributed by atoms with van der Waals surface area (Å²) in [5.41, 5.74) is 3.05. The van der Waals surface area contributed by atoms with Gasteiger partial charge < -0.3 is 25.0 Å². The van der Waals surface area contributed by atoms with Gasteiger partial charge in [-0.15, -0.1) is 0 Å². The molecule has 1 atom stereocenters. The third-order valence-electron chi connectivity index (χ3n) is 4.32. The minimum absolute atomic E-state index is 0.0369. The summed E-state index contributed by atoms with van der Waals surface area (Å²) in [4.78, 5) is 0. The van der Waals surface area contributed by atoms with Crippen LogP contribution in [0.1, 0.15) is 22.7 Å². The molecule has 0 bridgehead atoms. The molecule has 0 amide bonds. The summed E-state index contributed by atoms with van der Waals surface area (Å²) in [6, 6.07) is 9.01. The van der Waals surface area contributed by atoms with Gasteiger partial charge in [-0.1, -0.05) is 6.07 Å². The van der Waals surface area contributed by atoms with Crippen LogP contribution < -0.4 is 14.8 Å². The van der Waals surface area contributed by atoms with E-state index in [4.69, 9.17) is 9.47 Å². The van der Waals surface area contributed by atoms with Gasteiger partial charge in [-0.3, -0.25) is 0 Å². The van der Waals surface area contributed by atoms with Crippen molar-refractivity contribution in [3.8, 4) is 23.0 Å². The van der Waals surface area contributed by atoms with Gasteiger partial charge in [0, 0.05) is 12.1 Å². The Kier molecular flexibility index (Phi) is 4.30. The predicted octanol–water partition coefficient (Wildman–Crippen LogP) is 2.54. The molecule has 5 nitrogen and oxygen atoms in total. The molecule has 3 rings (SSSR count). The molecule has 0 aromatic heterocycles. The zero-order valence-electron chi connectivity index (χ0n) is 13.3. The zero-order valence-corrected chi connectivity index (χ0v) is 13.3. The van der Waals surface area contributed by atoms with Crippen molar-refractivity contribution in [3.63, 3.8) is 0 Å². The Morgan fingerprint density at radius 3 is 2.61 bits per heavy atom. The van der Waals surface area contributed by atoms with Crippen LogP contribution in [0.15, 0.2) is 30.3 Å². The lowest BCUT2D eigenvalue weighted by atomic mass is 9.89. The van der Waals surface area contributed by atoms with Crippen LogP contribution in [0.3, 0.4) is 0 Å². The van der Waals surface area contributed by atoms with Crippen molar-refractivity contribution in [2.75, 3.05) is 20.8 Å². The van der Waals surface area contributed by atoms with E-state index in [0.29, 0.717) is 17.9 Å². The summed E-state index contributed by atoms with van der Waals surface area (Å²) >= 11 is 0. The van der Waals surface area contributed by atoms with Crippen LogP contribution >= 0.6 is 0 Å². The molecule has 0 saturated heterocycles. The molecule has 3 N–H and O–H groups in total. The van der Waals surface area contributed by atoms with Crippen LogP contribution in [0.2, 0.25) is 0 Å². The second kappa shape index (κ2) is 6.38. The number of rotatable bonds is 4. The summed E-state index contributed by atoms with van der Waals surface area (Å²) < 4.78 is 10.3. The Hall–Kier alpha value is -2.40. The highest BCUT2D eigenvalue weighted by Gasteiger charge is 2.23. The van der Waals surface area contributed by atoms with Gasteiger partial charge in [0.2, 0.25) is 0 Å². The number of ether oxygens (including phenoxy) is 2. The number of fused-ring (bicyclic) bond motifs is 1. The molecule has 23 heavy (non-hydrogen) atoms. The van der Waals surface area contributed by atoms with Gasteiger partial charge in [0.25, 0.3) is 0 Å². The Bertz CT molecular complexity index is 714. The normalized spacial score (nSPS) is 16.7. The first-order chi connectivity index (χ1) is 11.1. The molecule has 0 aliphatic carbocycles. The number of aromatic hydroxyl groups is 2. The van der Waals surface area contributed by atoms with Gasteiger partial charge in [-0.25, -0.2) is 0 Å². The highest BCUT2D eigenvalue weighted by molar-refractivity contribution is 5.49. The summed E-state index contributed by atoms with van der Waals surface area (Å²) in [6.07, 6.45) is 1.52. The van der Waals surface area contributed by atoms with Crippen LogP contribution in [0.25, 0.3) is 0 Å². The second-order valence-corrected chi connectivity index (χ2v) is 5.68. The summed E-state index contributed by atoms with van der Waals surface area (Å²) in [7, 11) is 3.12. The van der Waals surface area contributed by atoms with Gasteiger partial charge in [0.1, 0.15) is 11.5 Å². The Morgan fingerprint density at radius 1 is 1.09 bits per heavy atom. The molecule has 2 aromatic rings. The third kappa shape index (κ3) is 3.05. The van der Waals surface area contributed by atoms with Gasteiger partial charge in [0.05, 0.1) is 14.2 Å². The third-order valence-corrected chi connectivity index (χ3v) is 4.32. The number of phenolic OH excluding ortho intramolecular Hbond substituents is 2. The molecule has 122 valence electrons. The minimum atomic E-state index is 0.0369. The van der Waals surface area contributed by atoms with E-state index in [1.165, 1.54) is 0 Å². The molecule has 0 radical (unpaired) electrons. The minimum Gasteiger partial charge on any atom is -0.508 e. The Labute approximate surface area is 135 Å². The monoisotopic (exact) mass is 315 g/mol. The average molecular weight is 315 g/mol. The standard InChI is InChI=1S/C18H21NO4/c1-22-13-4-3-12(16(20)9-13)7-15-14-10-17(21)18(23-2)8-11(14)5-6-19-15/h3-4,8-10,15,19-21H,5-7H2,1-2H3. The van der Waals surface area contributed by atoms with E-state index < -0.39 is 0 Å². The van der Waals surface area contributed by atoms with Crippen molar-refractivity contribution >= 4 is 0 Å². The number of nitrogens with one attached hydrogen (secondary N) is 1. The lowest BCUT2D eigenvalue weighted by Gasteiger charge is -2.28. The Balaban J connectivity index is 1.90. The first kappa shape index (κ1) is 15.5. The van der Waals surface area contributed by atoms with Crippen LogP contribution in [-0.2, 0) is 12.8 Å². The lowest BCUT2D eigenvalue weighted by Crippen LogP contribution is -2.31. The molecule has 0 spiro atoms. The van der Waals surface area contributed by atoms with Crippen molar-refractivity contribution in [1.29, 1.82) is 0 Å². The van der Waals surface area contributed by atoms with Gasteiger partial charge in [-0.05, 0) is 54.3 Å². The molecule has 1 heterocycles. The molecule has 0 saturated carbocycles. The molecular weight excluding hydrogens is 294 g/mol. The SMILES string of the molecule is COc1ccc(CC2NCCc3cc(OC)c(O)cc32)c(O)c1. The van der Waals surface area contributed by atoms with Crippen LogP contribution in [0, 0.1) is 0 Å². The van der Waals surface area contributed by atoms with E-state index in [0.717, 1.165) is 29.7 Å². The molecule has 1 unspecified atom stereocenters. The topological polar surface area (TPSA) is 71.0 Å². The van der Waals surface area contributed by atoms with E-state index in [9.17, 15) is 10.2 Å². The highest BCUT2D eigenvalue weighted by Crippen LogP contribution is 2.36. The predicted molar refractivity (Wildman–Crippen MR) is 87.5 cm³/mol. The summed E-state index contributed by atoms with van der Waals surface area (Å²) in [5.74, 6) is 1.48. The smallest absolute Gasteiger partial charge is 0.160 e. The zero-order chi connectivity index (χ0) is 16.4. The van der Waals surface area contributed by atoms with Crippen LogP contribution in [0.4, 0.5) is 0 Å². The molecule has 0 fully saturated rings. The van der Waals surface area contributed by atoms with Gasteiger partial charge in [0.15, 0.2) is 11.5 Å². The average Bonchev–Trinajstić information content (AvgIpc) is 2.56. The first-order valence-corrected chi connectivity index (χ1v) is 7.61. The van der Waals surface area contributed by atoms with Crippen molar-refractivity contribution in [3.05, 3.63) is 47.0 Å². The van der Waals surface area contributed by atoms with E-state index in [1.54, 1.807) is 26.4 Å². The number of hydrogen-bond acceptors (Lipinski definition) is 5. The van der Waals surface area contributed by atoms with Gasteiger partial charge >= 0.3 is 0 Å². The number of hydrogen-bond donors (Lipinski definition) is 3. The first-order valence-electron chi connectivity index (χ1n) is 7.61. The number of benzene rings is 2. The van der Waals surface area contributed by atoms with Crippen molar-refractivity contribution in [1.82, 2.24) is 5.32 Å². The second-order valence-electron chi connectivity index (χ2n) is 5.68. The quantitative estimate of drug-likeness (QED) is 0.809. The van der Waals surface area contributed by atoms with Crippen molar-refractivity contribution in [2.45, 2.75) is 18.9 Å². The number of methoxy groups -OCH3 is 2. The van der Waals surface area contributed by atoms with Crippen molar-refractivity contribution < 1.29 is 19.7 Å². The molecule has 1 aliphatic rings. The van der Waals surface area contributed by atoms with E-state index in [-0.39, 0.29) is 17.5 Å². The number of phenols is 2. The summed E-state index contributed by atoms with van der Waals surface area (Å²) in [5, 5.41) is 23.7. The maximum atomic E-state index is 10.2.